The standard InChI is InChI=1S/C20H27NO3/c1-11-12-4-5-13(8-12)16(11)17(22)21-18(23)24-10-20(21)15-7-6-14(9-15)19(20,2)3/h4-5,11-16H,6-10H2,1-3H3/t11-,12+,13-,14-,15+,16+,20-/m0/s1. The van der Waals surface area contributed by atoms with Crippen molar-refractivity contribution >= 4 is 12.0 Å². The quantitative estimate of drug-likeness (QED) is 0.690. The minimum atomic E-state index is -0.407. The van der Waals surface area contributed by atoms with Gasteiger partial charge in [0.2, 0.25) is 5.91 Å². The zero-order valence-electron chi connectivity index (χ0n) is 14.8. The van der Waals surface area contributed by atoms with Crippen molar-refractivity contribution in [2.45, 2.75) is 52.0 Å². The van der Waals surface area contributed by atoms with E-state index in [2.05, 4.69) is 32.9 Å². The van der Waals surface area contributed by atoms with Gasteiger partial charge in [-0.1, -0.05) is 32.9 Å². The topological polar surface area (TPSA) is 46.6 Å². The molecule has 0 N–H and O–H groups in total. The van der Waals surface area contributed by atoms with Crippen LogP contribution in [-0.4, -0.2) is 29.0 Å². The van der Waals surface area contributed by atoms with Crippen molar-refractivity contribution in [1.29, 1.82) is 0 Å². The van der Waals surface area contributed by atoms with Gasteiger partial charge in [0.25, 0.3) is 0 Å². The van der Waals surface area contributed by atoms with Crippen LogP contribution < -0.4 is 0 Å². The highest BCUT2D eigenvalue weighted by atomic mass is 16.6. The van der Waals surface area contributed by atoms with Crippen LogP contribution in [0.2, 0.25) is 0 Å². The van der Waals surface area contributed by atoms with Crippen LogP contribution in [0.15, 0.2) is 12.2 Å². The molecule has 1 saturated heterocycles. The molecular weight excluding hydrogens is 302 g/mol. The first-order chi connectivity index (χ1) is 11.4. The van der Waals surface area contributed by atoms with Crippen LogP contribution in [0, 0.1) is 40.9 Å². The predicted octanol–water partition coefficient (Wildman–Crippen LogP) is 3.62. The van der Waals surface area contributed by atoms with Crippen molar-refractivity contribution in [2.24, 2.45) is 40.9 Å². The lowest BCUT2D eigenvalue weighted by molar-refractivity contribution is -0.144. The summed E-state index contributed by atoms with van der Waals surface area (Å²) in [6.45, 7) is 7.08. The molecule has 24 heavy (non-hydrogen) atoms. The second-order valence-corrected chi connectivity index (χ2v) is 9.41. The van der Waals surface area contributed by atoms with Gasteiger partial charge in [-0.2, -0.15) is 0 Å². The Kier molecular flexibility index (Phi) is 2.77. The first kappa shape index (κ1) is 15.0. The molecule has 0 unspecified atom stereocenters. The van der Waals surface area contributed by atoms with Crippen molar-refractivity contribution in [3.8, 4) is 0 Å². The molecule has 130 valence electrons. The molecular formula is C20H27NO3. The van der Waals surface area contributed by atoms with E-state index in [-0.39, 0.29) is 23.3 Å². The Morgan fingerprint density at radius 2 is 1.88 bits per heavy atom. The van der Waals surface area contributed by atoms with E-state index in [1.54, 1.807) is 4.90 Å². The van der Waals surface area contributed by atoms with E-state index in [4.69, 9.17) is 4.74 Å². The number of ether oxygens (including phenoxy) is 1. The Balaban J connectivity index is 1.55. The van der Waals surface area contributed by atoms with Crippen LogP contribution >= 0.6 is 0 Å². The van der Waals surface area contributed by atoms with E-state index in [9.17, 15) is 9.59 Å². The molecule has 4 heteroatoms. The van der Waals surface area contributed by atoms with Crippen LogP contribution in [0.4, 0.5) is 4.79 Å². The molecule has 0 radical (unpaired) electrons. The normalized spacial score (nSPS) is 50.3. The molecule has 4 aliphatic carbocycles. The average Bonchev–Trinajstić information content (AvgIpc) is 3.29. The summed E-state index contributed by atoms with van der Waals surface area (Å²) in [5, 5.41) is 0. The van der Waals surface area contributed by atoms with Gasteiger partial charge in [-0.25, -0.2) is 9.69 Å². The first-order valence-electron chi connectivity index (χ1n) is 9.57. The van der Waals surface area contributed by atoms with Crippen molar-refractivity contribution in [3.05, 3.63) is 12.2 Å². The summed E-state index contributed by atoms with van der Waals surface area (Å²) in [5.74, 6) is 2.16. The van der Waals surface area contributed by atoms with Gasteiger partial charge in [0.1, 0.15) is 6.61 Å². The number of cyclic esters (lactones) is 1. The third-order valence-corrected chi connectivity index (χ3v) is 8.60. The third-order valence-electron chi connectivity index (χ3n) is 8.60. The van der Waals surface area contributed by atoms with E-state index in [0.29, 0.717) is 36.2 Å². The van der Waals surface area contributed by atoms with Crippen LogP contribution in [0.25, 0.3) is 0 Å². The molecule has 3 saturated carbocycles. The minimum absolute atomic E-state index is 0.0440. The smallest absolute Gasteiger partial charge is 0.417 e. The van der Waals surface area contributed by atoms with Crippen molar-refractivity contribution in [2.75, 3.05) is 6.61 Å². The Morgan fingerprint density at radius 1 is 1.17 bits per heavy atom. The number of hydrogen-bond donors (Lipinski definition) is 0. The van der Waals surface area contributed by atoms with E-state index < -0.39 is 5.54 Å². The number of fused-ring (bicyclic) bond motifs is 5. The van der Waals surface area contributed by atoms with E-state index in [1.807, 2.05) is 0 Å². The molecule has 2 amide bonds. The number of imide groups is 1. The summed E-state index contributed by atoms with van der Waals surface area (Å²) in [4.78, 5) is 27.9. The van der Waals surface area contributed by atoms with Crippen molar-refractivity contribution in [1.82, 2.24) is 4.90 Å². The fourth-order valence-corrected chi connectivity index (χ4v) is 7.10. The monoisotopic (exact) mass is 329 g/mol. The lowest BCUT2D eigenvalue weighted by atomic mass is 9.62. The minimum Gasteiger partial charge on any atom is -0.447 e. The Labute approximate surface area is 143 Å². The largest absolute Gasteiger partial charge is 0.447 e. The predicted molar refractivity (Wildman–Crippen MR) is 88.9 cm³/mol. The summed E-state index contributed by atoms with van der Waals surface area (Å²) in [6.07, 6.45) is 8.64. The molecule has 0 aromatic heterocycles. The number of amides is 2. The zero-order valence-corrected chi connectivity index (χ0v) is 14.8. The fraction of sp³-hybridized carbons (Fsp3) is 0.800. The van der Waals surface area contributed by atoms with Gasteiger partial charge in [0.15, 0.2) is 0 Å². The molecule has 4 bridgehead atoms. The Bertz CT molecular complexity index is 653. The highest BCUT2D eigenvalue weighted by Crippen LogP contribution is 2.65. The Morgan fingerprint density at radius 3 is 2.50 bits per heavy atom. The highest BCUT2D eigenvalue weighted by molar-refractivity contribution is 5.96. The van der Waals surface area contributed by atoms with Gasteiger partial charge in [0.05, 0.1) is 5.54 Å². The van der Waals surface area contributed by atoms with Crippen molar-refractivity contribution < 1.29 is 14.3 Å². The zero-order chi connectivity index (χ0) is 16.9. The number of nitrogens with zero attached hydrogens (tertiary/aromatic N) is 1. The SMILES string of the molecule is C[C@@H]1[C@@H](C(=O)N2C(=O)OC[C@@]23[C@@H]2CC[C@@H](C2)C3(C)C)[C@H]2C=C[C@@H]1C2. The molecule has 0 aromatic rings. The molecule has 1 heterocycles. The maximum Gasteiger partial charge on any atom is 0.417 e. The van der Waals surface area contributed by atoms with Crippen LogP contribution in [0.1, 0.15) is 46.5 Å². The second kappa shape index (κ2) is 4.44. The van der Waals surface area contributed by atoms with Gasteiger partial charge < -0.3 is 4.74 Å². The molecule has 1 spiro atoms. The second-order valence-electron chi connectivity index (χ2n) is 9.41. The molecule has 4 nitrogen and oxygen atoms in total. The van der Waals surface area contributed by atoms with Crippen LogP contribution in [-0.2, 0) is 9.53 Å². The average molecular weight is 329 g/mol. The van der Waals surface area contributed by atoms with Crippen LogP contribution in [0.5, 0.6) is 0 Å². The first-order valence-corrected chi connectivity index (χ1v) is 9.57. The fourth-order valence-electron chi connectivity index (χ4n) is 7.10. The van der Waals surface area contributed by atoms with Gasteiger partial charge in [-0.05, 0) is 60.7 Å². The van der Waals surface area contributed by atoms with E-state index in [1.165, 1.54) is 6.42 Å². The Hall–Kier alpha value is -1.32. The summed E-state index contributed by atoms with van der Waals surface area (Å²) in [5.41, 5.74) is -0.455. The lowest BCUT2D eigenvalue weighted by Gasteiger charge is -2.50. The number of allylic oxidation sites excluding steroid dienone is 2. The molecule has 1 aliphatic heterocycles. The van der Waals surface area contributed by atoms with Gasteiger partial charge in [0, 0.05) is 5.92 Å². The number of carbonyl (C=O) groups excluding carboxylic acids is 2. The number of hydrogen-bond acceptors (Lipinski definition) is 3. The van der Waals surface area contributed by atoms with Gasteiger partial charge >= 0.3 is 6.09 Å². The van der Waals surface area contributed by atoms with E-state index >= 15 is 0 Å². The maximum absolute atomic E-state index is 13.6. The number of carbonyl (C=O) groups is 2. The van der Waals surface area contributed by atoms with Gasteiger partial charge in [-0.3, -0.25) is 4.79 Å². The molecule has 5 rings (SSSR count). The molecule has 0 aromatic carbocycles. The van der Waals surface area contributed by atoms with Gasteiger partial charge in [-0.15, -0.1) is 0 Å². The van der Waals surface area contributed by atoms with Crippen LogP contribution in [0.3, 0.4) is 0 Å². The van der Waals surface area contributed by atoms with E-state index in [0.717, 1.165) is 19.3 Å². The summed E-state index contributed by atoms with van der Waals surface area (Å²) >= 11 is 0. The summed E-state index contributed by atoms with van der Waals surface area (Å²) in [6, 6.07) is 0. The summed E-state index contributed by atoms with van der Waals surface area (Å²) in [7, 11) is 0. The third kappa shape index (κ3) is 1.48. The number of rotatable bonds is 1. The highest BCUT2D eigenvalue weighted by Gasteiger charge is 2.71. The maximum atomic E-state index is 13.6. The lowest BCUT2D eigenvalue weighted by Crippen LogP contribution is -2.63. The molecule has 5 aliphatic rings. The molecule has 7 atom stereocenters. The van der Waals surface area contributed by atoms with Crippen molar-refractivity contribution in [3.63, 3.8) is 0 Å². The summed E-state index contributed by atoms with van der Waals surface area (Å²) < 4.78 is 5.54. The molecule has 4 fully saturated rings.